The summed E-state index contributed by atoms with van der Waals surface area (Å²) in [5.41, 5.74) is 2.71. The first kappa shape index (κ1) is 17.8. The van der Waals surface area contributed by atoms with Gasteiger partial charge < -0.3 is 18.8 Å². The van der Waals surface area contributed by atoms with E-state index in [1.807, 2.05) is 11.5 Å². The van der Waals surface area contributed by atoms with Crippen molar-refractivity contribution in [2.75, 3.05) is 20.0 Å². The van der Waals surface area contributed by atoms with Crippen LogP contribution in [0, 0.1) is 6.92 Å². The quantitative estimate of drug-likeness (QED) is 0.632. The molecule has 0 saturated heterocycles. The fraction of sp³-hybridized carbons (Fsp3) is 0.300. The van der Waals surface area contributed by atoms with Crippen molar-refractivity contribution < 1.29 is 19.0 Å². The van der Waals surface area contributed by atoms with Gasteiger partial charge in [0, 0.05) is 18.7 Å². The Balaban J connectivity index is 1.74. The topological polar surface area (TPSA) is 62.1 Å². The van der Waals surface area contributed by atoms with Crippen molar-refractivity contribution in [2.24, 2.45) is 4.99 Å². The summed E-state index contributed by atoms with van der Waals surface area (Å²) < 4.78 is 19.3. The normalized spacial score (nSPS) is 13.5. The van der Waals surface area contributed by atoms with E-state index in [0.717, 1.165) is 10.2 Å². The smallest absolute Gasteiger partial charge is 0.279 e. The van der Waals surface area contributed by atoms with Crippen molar-refractivity contribution >= 4 is 27.5 Å². The zero-order chi connectivity index (χ0) is 18.8. The maximum absolute atomic E-state index is 12.7. The average molecular weight is 384 g/mol. The first-order valence-electron chi connectivity index (χ1n) is 8.82. The van der Waals surface area contributed by atoms with Crippen molar-refractivity contribution in [1.82, 2.24) is 4.57 Å². The fourth-order valence-electron chi connectivity index (χ4n) is 2.96. The molecule has 2 aromatic carbocycles. The molecule has 4 rings (SSSR count). The molecular weight excluding hydrogens is 364 g/mol. The summed E-state index contributed by atoms with van der Waals surface area (Å²) in [7, 11) is 0. The molecule has 1 aliphatic heterocycles. The van der Waals surface area contributed by atoms with Gasteiger partial charge in [-0.15, -0.1) is 0 Å². The van der Waals surface area contributed by atoms with Gasteiger partial charge in [-0.25, -0.2) is 0 Å². The van der Waals surface area contributed by atoms with E-state index in [0.29, 0.717) is 41.6 Å². The molecule has 0 radical (unpaired) electrons. The molecule has 0 unspecified atom stereocenters. The number of aryl methyl sites for hydroxylation is 1. The Kier molecular flexibility index (Phi) is 4.96. The Morgan fingerprint density at radius 3 is 2.93 bits per heavy atom. The van der Waals surface area contributed by atoms with Crippen molar-refractivity contribution in [1.29, 1.82) is 0 Å². The van der Waals surface area contributed by atoms with Gasteiger partial charge in [0.1, 0.15) is 0 Å². The van der Waals surface area contributed by atoms with Crippen LogP contribution in [0.2, 0.25) is 0 Å². The molecule has 0 spiro atoms. The zero-order valence-electron chi connectivity index (χ0n) is 15.2. The molecule has 0 atom stereocenters. The van der Waals surface area contributed by atoms with Gasteiger partial charge in [-0.05, 0) is 49.7 Å². The van der Waals surface area contributed by atoms with E-state index in [1.165, 1.54) is 16.9 Å². The lowest BCUT2D eigenvalue weighted by molar-refractivity contribution is 0.0996. The third-order valence-corrected chi connectivity index (χ3v) is 5.36. The number of hydrogen-bond donors (Lipinski definition) is 0. The highest BCUT2D eigenvalue weighted by molar-refractivity contribution is 7.16. The first-order chi connectivity index (χ1) is 13.2. The molecule has 1 aliphatic rings. The number of carbonyl (C=O) groups excluding carboxylic acids is 1. The minimum atomic E-state index is -0.304. The molecule has 1 aromatic heterocycles. The van der Waals surface area contributed by atoms with Gasteiger partial charge in [-0.3, -0.25) is 4.79 Å². The van der Waals surface area contributed by atoms with Gasteiger partial charge in [0.2, 0.25) is 6.79 Å². The number of ether oxygens (including phenoxy) is 3. The lowest BCUT2D eigenvalue weighted by Gasteiger charge is -2.05. The van der Waals surface area contributed by atoms with Crippen molar-refractivity contribution in [3.63, 3.8) is 0 Å². The Labute approximate surface area is 160 Å². The Morgan fingerprint density at radius 2 is 2.07 bits per heavy atom. The first-order valence-corrected chi connectivity index (χ1v) is 9.64. The van der Waals surface area contributed by atoms with Gasteiger partial charge >= 0.3 is 0 Å². The summed E-state index contributed by atoms with van der Waals surface area (Å²) in [4.78, 5) is 17.8. The number of carbonyl (C=O) groups is 1. The molecule has 27 heavy (non-hydrogen) atoms. The standard InChI is InChI=1S/C20H20N2O4S/c1-3-24-9-8-22-15-6-4-13(2)10-18(15)27-20(22)21-19(23)14-5-7-16-17(11-14)26-12-25-16/h4-7,10-11H,3,8-9,12H2,1-2H3. The van der Waals surface area contributed by atoms with Crippen LogP contribution in [0.15, 0.2) is 41.4 Å². The summed E-state index contributed by atoms with van der Waals surface area (Å²) in [6.45, 7) is 6.07. The second-order valence-electron chi connectivity index (χ2n) is 6.19. The predicted molar refractivity (Wildman–Crippen MR) is 104 cm³/mol. The predicted octanol–water partition coefficient (Wildman–Crippen LogP) is 3.52. The number of rotatable bonds is 5. The maximum atomic E-state index is 12.7. The van der Waals surface area contributed by atoms with Gasteiger partial charge in [-0.1, -0.05) is 17.4 Å². The third-order valence-electron chi connectivity index (χ3n) is 4.32. The van der Waals surface area contributed by atoms with Crippen LogP contribution in [0.5, 0.6) is 11.5 Å². The number of aromatic nitrogens is 1. The van der Waals surface area contributed by atoms with Crippen LogP contribution in [0.1, 0.15) is 22.8 Å². The van der Waals surface area contributed by atoms with Crippen LogP contribution in [0.3, 0.4) is 0 Å². The third kappa shape index (κ3) is 3.61. The number of fused-ring (bicyclic) bond motifs is 2. The minimum Gasteiger partial charge on any atom is -0.454 e. The fourth-order valence-corrected chi connectivity index (χ4v) is 4.12. The molecule has 1 amide bonds. The van der Waals surface area contributed by atoms with E-state index in [-0.39, 0.29) is 12.7 Å². The van der Waals surface area contributed by atoms with E-state index in [1.54, 1.807) is 18.2 Å². The molecule has 0 aliphatic carbocycles. The monoisotopic (exact) mass is 384 g/mol. The summed E-state index contributed by atoms with van der Waals surface area (Å²) in [6, 6.07) is 11.4. The molecule has 7 heteroatoms. The lowest BCUT2D eigenvalue weighted by atomic mass is 10.2. The van der Waals surface area contributed by atoms with Crippen LogP contribution in [0.4, 0.5) is 0 Å². The van der Waals surface area contributed by atoms with Crippen molar-refractivity contribution in [3.05, 3.63) is 52.3 Å². The largest absolute Gasteiger partial charge is 0.454 e. The Morgan fingerprint density at radius 1 is 1.22 bits per heavy atom. The molecule has 0 saturated carbocycles. The Hall–Kier alpha value is -2.64. The van der Waals surface area contributed by atoms with E-state index < -0.39 is 0 Å². The van der Waals surface area contributed by atoms with Crippen LogP contribution in [-0.4, -0.2) is 30.5 Å². The zero-order valence-corrected chi connectivity index (χ0v) is 16.0. The lowest BCUT2D eigenvalue weighted by Crippen LogP contribution is -2.19. The van der Waals surface area contributed by atoms with Crippen LogP contribution in [0.25, 0.3) is 10.2 Å². The molecule has 3 aromatic rings. The highest BCUT2D eigenvalue weighted by Gasteiger charge is 2.16. The summed E-state index contributed by atoms with van der Waals surface area (Å²) >= 11 is 1.51. The van der Waals surface area contributed by atoms with Crippen LogP contribution >= 0.6 is 11.3 Å². The molecule has 6 nitrogen and oxygen atoms in total. The van der Waals surface area contributed by atoms with E-state index in [4.69, 9.17) is 14.2 Å². The van der Waals surface area contributed by atoms with E-state index in [2.05, 4.69) is 30.1 Å². The number of benzene rings is 2. The number of hydrogen-bond acceptors (Lipinski definition) is 5. The van der Waals surface area contributed by atoms with Gasteiger partial charge in [0.15, 0.2) is 16.3 Å². The van der Waals surface area contributed by atoms with Crippen molar-refractivity contribution in [2.45, 2.75) is 20.4 Å². The van der Waals surface area contributed by atoms with Crippen molar-refractivity contribution in [3.8, 4) is 11.5 Å². The summed E-state index contributed by atoms with van der Waals surface area (Å²) in [5.74, 6) is 0.921. The SMILES string of the molecule is CCOCCn1c(=NC(=O)c2ccc3c(c2)OCO3)sc2cc(C)ccc21. The van der Waals surface area contributed by atoms with E-state index >= 15 is 0 Å². The Bertz CT molecular complexity index is 1070. The highest BCUT2D eigenvalue weighted by Crippen LogP contribution is 2.32. The molecule has 140 valence electrons. The highest BCUT2D eigenvalue weighted by atomic mass is 32.1. The summed E-state index contributed by atoms with van der Waals surface area (Å²) in [5, 5.41) is 0. The maximum Gasteiger partial charge on any atom is 0.279 e. The van der Waals surface area contributed by atoms with Crippen LogP contribution < -0.4 is 14.3 Å². The number of amides is 1. The molecule has 0 bridgehead atoms. The van der Waals surface area contributed by atoms with Gasteiger partial charge in [0.05, 0.1) is 16.8 Å². The average Bonchev–Trinajstić information content (AvgIpc) is 3.25. The number of thiazole rings is 1. The molecular formula is C20H20N2O4S. The summed E-state index contributed by atoms with van der Waals surface area (Å²) in [6.07, 6.45) is 0. The molecule has 0 N–H and O–H groups in total. The van der Waals surface area contributed by atoms with Gasteiger partial charge in [0.25, 0.3) is 5.91 Å². The second-order valence-corrected chi connectivity index (χ2v) is 7.20. The minimum absolute atomic E-state index is 0.178. The van der Waals surface area contributed by atoms with Crippen LogP contribution in [-0.2, 0) is 11.3 Å². The molecule has 2 heterocycles. The number of nitrogens with zero attached hydrogens (tertiary/aromatic N) is 2. The molecule has 0 fully saturated rings. The van der Waals surface area contributed by atoms with E-state index in [9.17, 15) is 4.79 Å². The van der Waals surface area contributed by atoms with Gasteiger partial charge in [-0.2, -0.15) is 4.99 Å². The second kappa shape index (κ2) is 7.54.